The Balaban J connectivity index is 1.73. The third-order valence-corrected chi connectivity index (χ3v) is 11.7. The van der Waals surface area contributed by atoms with Crippen LogP contribution in [-0.4, -0.2) is 31.9 Å². The lowest BCUT2D eigenvalue weighted by molar-refractivity contribution is -0.117. The van der Waals surface area contributed by atoms with Crippen molar-refractivity contribution in [2.24, 2.45) is 0 Å². The van der Waals surface area contributed by atoms with Crippen LogP contribution >= 0.6 is 67.8 Å². The van der Waals surface area contributed by atoms with E-state index in [1.165, 1.54) is 33.4 Å². The molecule has 0 saturated carbocycles. The molecular weight excluding hydrogens is 877 g/mol. The number of nitrogens with zero attached hydrogens (tertiary/aromatic N) is 2. The van der Waals surface area contributed by atoms with E-state index in [-0.39, 0.29) is 22.7 Å². The van der Waals surface area contributed by atoms with Gasteiger partial charge in [0.05, 0.1) is 38.5 Å². The molecule has 4 aromatic rings. The number of halogens is 3. The van der Waals surface area contributed by atoms with E-state index >= 15 is 0 Å². The van der Waals surface area contributed by atoms with Crippen LogP contribution in [0.3, 0.4) is 0 Å². The van der Waals surface area contributed by atoms with E-state index in [1.54, 1.807) is 26.2 Å². The van der Waals surface area contributed by atoms with Crippen molar-refractivity contribution in [2.45, 2.75) is 28.5 Å². The quantitative estimate of drug-likeness (QED) is 0.0824. The Labute approximate surface area is 283 Å². The molecule has 0 saturated heterocycles. The Hall–Kier alpha value is -2.17. The summed E-state index contributed by atoms with van der Waals surface area (Å²) < 4.78 is 7.73. The molecule has 0 aliphatic carbocycles. The van der Waals surface area contributed by atoms with Crippen LogP contribution < -0.4 is 14.5 Å². The van der Waals surface area contributed by atoms with Gasteiger partial charge in [-0.25, -0.2) is 4.79 Å². The molecular formula is C31H26I3N2O4S+. The zero-order chi connectivity index (χ0) is 29.8. The summed E-state index contributed by atoms with van der Waals surface area (Å²) in [6.45, 7) is 2.91. The molecule has 0 aliphatic heterocycles. The number of ether oxygens (including phenoxy) is 1. The average Bonchev–Trinajstić information content (AvgIpc) is 2.95. The predicted molar refractivity (Wildman–Crippen MR) is 189 cm³/mol. The zero-order valence-electron chi connectivity index (χ0n) is 22.7. The van der Waals surface area contributed by atoms with Crippen LogP contribution in [0.5, 0.6) is 5.75 Å². The van der Waals surface area contributed by atoms with E-state index < -0.39 is 5.97 Å². The highest BCUT2D eigenvalue weighted by molar-refractivity contribution is 14.1. The van der Waals surface area contributed by atoms with Gasteiger partial charge in [-0.05, 0) is 116 Å². The summed E-state index contributed by atoms with van der Waals surface area (Å²) in [6.07, 6.45) is 0. The summed E-state index contributed by atoms with van der Waals surface area (Å²) in [5.41, 5.74) is 1.41. The minimum Gasteiger partial charge on any atom is -0.423 e. The fraction of sp³-hybridized carbons (Fsp3) is 0.129. The molecule has 0 N–H and O–H groups in total. The molecule has 0 unspecified atom stereocenters. The molecule has 0 aromatic heterocycles. The van der Waals surface area contributed by atoms with Crippen LogP contribution in [0.25, 0.3) is 0 Å². The predicted octanol–water partition coefficient (Wildman–Crippen LogP) is 7.78. The van der Waals surface area contributed by atoms with Crippen molar-refractivity contribution in [1.82, 2.24) is 0 Å². The van der Waals surface area contributed by atoms with Gasteiger partial charge in [-0.2, -0.15) is 0 Å². The molecule has 0 atom stereocenters. The van der Waals surface area contributed by atoms with Crippen LogP contribution in [0.15, 0.2) is 99.6 Å². The molecule has 41 heavy (non-hydrogen) atoms. The van der Waals surface area contributed by atoms with Crippen molar-refractivity contribution in [1.29, 1.82) is 0 Å². The molecule has 10 heteroatoms. The average molecular weight is 903 g/mol. The minimum absolute atomic E-state index is 0.194. The first kappa shape index (κ1) is 31.8. The molecule has 0 radical (unpaired) electrons. The van der Waals surface area contributed by atoms with Gasteiger partial charge >= 0.3 is 5.97 Å². The molecule has 2 amide bonds. The topological polar surface area (TPSA) is 66.9 Å². The monoisotopic (exact) mass is 903 g/mol. The highest BCUT2D eigenvalue weighted by atomic mass is 127. The number of hydrogen-bond donors (Lipinski definition) is 0. The summed E-state index contributed by atoms with van der Waals surface area (Å²) in [5, 5.41) is 0. The number of amides is 2. The number of benzene rings is 4. The normalized spacial score (nSPS) is 10.8. The van der Waals surface area contributed by atoms with Gasteiger partial charge in [0.15, 0.2) is 14.7 Å². The van der Waals surface area contributed by atoms with E-state index in [4.69, 9.17) is 4.74 Å². The highest BCUT2D eigenvalue weighted by Gasteiger charge is 2.32. The second kappa shape index (κ2) is 13.9. The first-order valence-corrected chi connectivity index (χ1v) is 16.8. The molecule has 0 spiro atoms. The first-order valence-electron chi connectivity index (χ1n) is 12.4. The Kier molecular flexibility index (Phi) is 10.7. The van der Waals surface area contributed by atoms with E-state index in [0.717, 1.165) is 4.90 Å². The van der Waals surface area contributed by atoms with Crippen LogP contribution in [0, 0.1) is 10.7 Å². The number of carbonyl (C=O) groups is 3. The van der Waals surface area contributed by atoms with Crippen LogP contribution in [0.1, 0.15) is 24.2 Å². The number of rotatable bonds is 7. The van der Waals surface area contributed by atoms with Gasteiger partial charge < -0.3 is 14.5 Å². The summed E-state index contributed by atoms with van der Waals surface area (Å²) in [6, 6.07) is 28.2. The maximum atomic E-state index is 13.7. The van der Waals surface area contributed by atoms with Gasteiger partial charge in [-0.15, -0.1) is 0 Å². The Bertz CT molecular complexity index is 1510. The van der Waals surface area contributed by atoms with E-state index in [2.05, 4.69) is 92.0 Å². The van der Waals surface area contributed by atoms with Crippen LogP contribution in [0.4, 0.5) is 11.4 Å². The lowest BCUT2D eigenvalue weighted by atomic mass is 10.1. The van der Waals surface area contributed by atoms with E-state index in [0.29, 0.717) is 33.4 Å². The first-order chi connectivity index (χ1) is 19.5. The summed E-state index contributed by atoms with van der Waals surface area (Å²) in [7, 11) is 2.97. The molecule has 0 heterocycles. The van der Waals surface area contributed by atoms with E-state index in [9.17, 15) is 14.4 Å². The lowest BCUT2D eigenvalue weighted by Gasteiger charge is -2.27. The second-order valence-electron chi connectivity index (χ2n) is 8.96. The summed E-state index contributed by atoms with van der Waals surface area (Å²) >= 11 is 6.28. The van der Waals surface area contributed by atoms with Crippen LogP contribution in [0.2, 0.25) is 0 Å². The lowest BCUT2D eigenvalue weighted by Crippen LogP contribution is -2.30. The summed E-state index contributed by atoms with van der Waals surface area (Å²) in [5.74, 6) is -0.554. The zero-order valence-corrected chi connectivity index (χ0v) is 29.9. The van der Waals surface area contributed by atoms with Gasteiger partial charge in [0.2, 0.25) is 11.8 Å². The SMILES string of the molecule is CC(=O)N(C)c1c(I)c(C(=O)Oc2ccc([S+](c3ccccc3)c3ccccc3)cc2)c(I)c(N(C)C(C)=O)c1I. The largest absolute Gasteiger partial charge is 0.423 e. The number of anilines is 2. The third-order valence-electron chi connectivity index (χ3n) is 6.32. The van der Waals surface area contributed by atoms with Crippen molar-refractivity contribution < 1.29 is 19.1 Å². The smallest absolute Gasteiger partial charge is 0.345 e. The minimum atomic E-state index is -0.565. The van der Waals surface area contributed by atoms with Gasteiger partial charge in [0.1, 0.15) is 5.75 Å². The Morgan fingerprint density at radius 2 is 1.00 bits per heavy atom. The number of esters is 1. The Morgan fingerprint density at radius 3 is 1.39 bits per heavy atom. The van der Waals surface area contributed by atoms with Gasteiger partial charge in [0.25, 0.3) is 0 Å². The molecule has 0 bridgehead atoms. The molecule has 0 fully saturated rings. The fourth-order valence-electron chi connectivity index (χ4n) is 4.04. The van der Waals surface area contributed by atoms with Crippen molar-refractivity contribution in [2.75, 3.05) is 23.9 Å². The summed E-state index contributed by atoms with van der Waals surface area (Å²) in [4.78, 5) is 44.8. The number of hydrogen-bond acceptors (Lipinski definition) is 4. The maximum Gasteiger partial charge on any atom is 0.345 e. The van der Waals surface area contributed by atoms with Gasteiger partial charge in [0, 0.05) is 27.9 Å². The van der Waals surface area contributed by atoms with Gasteiger partial charge in [-0.1, -0.05) is 36.4 Å². The van der Waals surface area contributed by atoms with Crippen molar-refractivity contribution >= 4 is 108 Å². The molecule has 210 valence electrons. The third kappa shape index (κ3) is 6.91. The maximum absolute atomic E-state index is 13.7. The molecule has 0 aliphatic rings. The molecule has 6 nitrogen and oxygen atoms in total. The van der Waals surface area contributed by atoms with Crippen molar-refractivity contribution in [3.05, 3.63) is 101 Å². The van der Waals surface area contributed by atoms with E-state index in [1.807, 2.05) is 48.5 Å². The fourth-order valence-corrected chi connectivity index (χ4v) is 11.2. The highest BCUT2D eigenvalue weighted by Crippen LogP contribution is 2.42. The molecule has 4 rings (SSSR count). The van der Waals surface area contributed by atoms with Crippen molar-refractivity contribution in [3.63, 3.8) is 0 Å². The second-order valence-corrected chi connectivity index (χ2v) is 14.2. The standard InChI is InChI=1S/C31H26I3N2O4S/c1-19(37)35(3)29-26(32)25(27(33)30(28(29)34)36(4)20(2)38)31(39)40-21-15-17-24(18-16-21)41(22-11-7-5-8-12-22)23-13-9-6-10-14-23/h5-18H,1-4H3/q+1. The molecule has 4 aromatic carbocycles. The van der Waals surface area contributed by atoms with Gasteiger partial charge in [-0.3, -0.25) is 9.59 Å². The Morgan fingerprint density at radius 1 is 0.610 bits per heavy atom. The van der Waals surface area contributed by atoms with Crippen LogP contribution in [-0.2, 0) is 20.5 Å². The van der Waals surface area contributed by atoms with Crippen molar-refractivity contribution in [3.8, 4) is 5.75 Å². The number of carbonyl (C=O) groups excluding carboxylic acids is 3.